The second-order valence-corrected chi connectivity index (χ2v) is 5.59. The number of aromatic nitrogens is 3. The Bertz CT molecular complexity index is 539. The highest BCUT2D eigenvalue weighted by Gasteiger charge is 2.27. The van der Waals surface area contributed by atoms with Gasteiger partial charge in [-0.25, -0.2) is 9.67 Å². The molecule has 0 spiro atoms. The SMILES string of the molecule is CC(C)(C)[C@@H](O)/C(=C\c1ccccc1)n1cncn1. The normalized spacial score (nSPS) is 14.4. The summed E-state index contributed by atoms with van der Waals surface area (Å²) in [6.45, 7) is 5.98. The standard InChI is InChI=1S/C15H19N3O/c1-15(2,3)14(19)13(18-11-16-10-17-18)9-12-7-5-4-6-8-12/h4-11,14,19H,1-3H3/b13-9+/t14-/m0/s1. The molecule has 4 nitrogen and oxygen atoms in total. The molecule has 1 atom stereocenters. The molecule has 0 unspecified atom stereocenters. The lowest BCUT2D eigenvalue weighted by Gasteiger charge is -2.27. The minimum atomic E-state index is -0.630. The summed E-state index contributed by atoms with van der Waals surface area (Å²) in [4.78, 5) is 3.95. The lowest BCUT2D eigenvalue weighted by molar-refractivity contribution is 0.109. The van der Waals surface area contributed by atoms with Crippen LogP contribution in [0.3, 0.4) is 0 Å². The maximum Gasteiger partial charge on any atom is 0.138 e. The van der Waals surface area contributed by atoms with Crippen molar-refractivity contribution >= 4 is 11.8 Å². The summed E-state index contributed by atoms with van der Waals surface area (Å²) in [7, 11) is 0. The highest BCUT2D eigenvalue weighted by molar-refractivity contribution is 5.72. The van der Waals surface area contributed by atoms with Crippen LogP contribution in [0.25, 0.3) is 11.8 Å². The van der Waals surface area contributed by atoms with Crippen LogP contribution in [0, 0.1) is 5.41 Å². The van der Waals surface area contributed by atoms with Crippen molar-refractivity contribution in [2.45, 2.75) is 26.9 Å². The van der Waals surface area contributed by atoms with Gasteiger partial charge in [0.1, 0.15) is 18.8 Å². The largest absolute Gasteiger partial charge is 0.386 e. The Morgan fingerprint density at radius 3 is 2.47 bits per heavy atom. The monoisotopic (exact) mass is 257 g/mol. The van der Waals surface area contributed by atoms with Gasteiger partial charge < -0.3 is 5.11 Å². The fraction of sp³-hybridized carbons (Fsp3) is 0.333. The summed E-state index contributed by atoms with van der Waals surface area (Å²) in [5.74, 6) is 0. The molecule has 19 heavy (non-hydrogen) atoms. The van der Waals surface area contributed by atoms with Crippen LogP contribution in [0.2, 0.25) is 0 Å². The van der Waals surface area contributed by atoms with Gasteiger partial charge in [-0.15, -0.1) is 0 Å². The maximum atomic E-state index is 10.5. The summed E-state index contributed by atoms with van der Waals surface area (Å²) in [6.07, 6.45) is 4.37. The Morgan fingerprint density at radius 1 is 1.26 bits per heavy atom. The van der Waals surface area contributed by atoms with Gasteiger partial charge in [-0.1, -0.05) is 51.1 Å². The number of aliphatic hydroxyl groups excluding tert-OH is 1. The molecule has 0 aliphatic rings. The smallest absolute Gasteiger partial charge is 0.138 e. The van der Waals surface area contributed by atoms with Crippen molar-refractivity contribution in [1.82, 2.24) is 14.8 Å². The van der Waals surface area contributed by atoms with Gasteiger partial charge in [-0.05, 0) is 17.1 Å². The van der Waals surface area contributed by atoms with Crippen molar-refractivity contribution in [2.24, 2.45) is 5.41 Å². The van der Waals surface area contributed by atoms with Crippen LogP contribution in [0.5, 0.6) is 0 Å². The fourth-order valence-corrected chi connectivity index (χ4v) is 1.78. The van der Waals surface area contributed by atoms with Gasteiger partial charge in [0.05, 0.1) is 5.70 Å². The van der Waals surface area contributed by atoms with E-state index in [1.54, 1.807) is 11.0 Å². The van der Waals surface area contributed by atoms with E-state index in [4.69, 9.17) is 0 Å². The van der Waals surface area contributed by atoms with Crippen LogP contribution in [0.4, 0.5) is 0 Å². The van der Waals surface area contributed by atoms with Crippen LogP contribution >= 0.6 is 0 Å². The molecule has 100 valence electrons. The molecule has 1 N–H and O–H groups in total. The van der Waals surface area contributed by atoms with E-state index >= 15 is 0 Å². The van der Waals surface area contributed by atoms with Gasteiger partial charge in [0, 0.05) is 0 Å². The second-order valence-electron chi connectivity index (χ2n) is 5.59. The van der Waals surface area contributed by atoms with Crippen LogP contribution in [-0.2, 0) is 0 Å². The number of hydrogen-bond acceptors (Lipinski definition) is 3. The number of rotatable bonds is 3. The van der Waals surface area contributed by atoms with E-state index in [9.17, 15) is 5.11 Å². The number of nitrogens with zero attached hydrogens (tertiary/aromatic N) is 3. The predicted octanol–water partition coefficient (Wildman–Crippen LogP) is 2.68. The molecule has 2 rings (SSSR count). The third-order valence-electron chi connectivity index (χ3n) is 2.90. The molecule has 0 saturated carbocycles. The molecular formula is C15H19N3O. The minimum absolute atomic E-state index is 0.271. The van der Waals surface area contributed by atoms with Crippen molar-refractivity contribution in [2.75, 3.05) is 0 Å². The number of aliphatic hydroxyl groups is 1. The summed E-state index contributed by atoms with van der Waals surface area (Å²) in [6, 6.07) is 9.88. The Labute approximate surface area is 113 Å². The molecule has 1 heterocycles. The first-order valence-electron chi connectivity index (χ1n) is 6.28. The van der Waals surface area contributed by atoms with E-state index in [0.29, 0.717) is 0 Å². The number of hydrogen-bond donors (Lipinski definition) is 1. The Kier molecular flexibility index (Phi) is 3.81. The quantitative estimate of drug-likeness (QED) is 0.919. The molecule has 0 amide bonds. The van der Waals surface area contributed by atoms with Gasteiger partial charge in [0.2, 0.25) is 0 Å². The molecule has 0 fully saturated rings. The summed E-state index contributed by atoms with van der Waals surface area (Å²) in [5.41, 5.74) is 1.47. The van der Waals surface area contributed by atoms with E-state index in [-0.39, 0.29) is 5.41 Å². The predicted molar refractivity (Wildman–Crippen MR) is 76.1 cm³/mol. The fourth-order valence-electron chi connectivity index (χ4n) is 1.78. The average Bonchev–Trinajstić information content (AvgIpc) is 2.89. The van der Waals surface area contributed by atoms with Crippen LogP contribution in [-0.4, -0.2) is 26.0 Å². The zero-order valence-electron chi connectivity index (χ0n) is 11.5. The van der Waals surface area contributed by atoms with Gasteiger partial charge >= 0.3 is 0 Å². The van der Waals surface area contributed by atoms with E-state index in [1.165, 1.54) is 6.33 Å². The van der Waals surface area contributed by atoms with E-state index in [1.807, 2.05) is 57.2 Å². The van der Waals surface area contributed by atoms with Crippen LogP contribution < -0.4 is 0 Å². The molecule has 1 aromatic carbocycles. The first-order valence-corrected chi connectivity index (χ1v) is 6.28. The number of benzene rings is 1. The third-order valence-corrected chi connectivity index (χ3v) is 2.90. The van der Waals surface area contributed by atoms with Gasteiger partial charge in [-0.3, -0.25) is 0 Å². The molecule has 0 aliphatic carbocycles. The van der Waals surface area contributed by atoms with E-state index in [0.717, 1.165) is 11.3 Å². The highest BCUT2D eigenvalue weighted by Crippen LogP contribution is 2.28. The first kappa shape index (κ1) is 13.5. The van der Waals surface area contributed by atoms with Gasteiger partial charge in [0.25, 0.3) is 0 Å². The van der Waals surface area contributed by atoms with E-state index < -0.39 is 6.10 Å². The Balaban J connectivity index is 2.44. The van der Waals surface area contributed by atoms with Crippen LogP contribution in [0.1, 0.15) is 26.3 Å². The van der Waals surface area contributed by atoms with Gasteiger partial charge in [-0.2, -0.15) is 5.10 Å². The zero-order valence-corrected chi connectivity index (χ0v) is 11.5. The molecule has 0 bridgehead atoms. The molecular weight excluding hydrogens is 238 g/mol. The Hall–Kier alpha value is -1.94. The zero-order chi connectivity index (χ0) is 13.9. The summed E-state index contributed by atoms with van der Waals surface area (Å²) < 4.78 is 1.61. The van der Waals surface area contributed by atoms with Crippen LogP contribution in [0.15, 0.2) is 43.0 Å². The highest BCUT2D eigenvalue weighted by atomic mass is 16.3. The van der Waals surface area contributed by atoms with Crippen molar-refractivity contribution in [1.29, 1.82) is 0 Å². The Morgan fingerprint density at radius 2 is 1.95 bits per heavy atom. The lowest BCUT2D eigenvalue weighted by Crippen LogP contribution is -2.29. The topological polar surface area (TPSA) is 50.9 Å². The maximum absolute atomic E-state index is 10.5. The van der Waals surface area contributed by atoms with Crippen molar-refractivity contribution in [3.05, 3.63) is 48.5 Å². The average molecular weight is 257 g/mol. The lowest BCUT2D eigenvalue weighted by atomic mass is 9.86. The minimum Gasteiger partial charge on any atom is -0.386 e. The molecule has 4 heteroatoms. The third kappa shape index (κ3) is 3.29. The molecule has 2 aromatic rings. The van der Waals surface area contributed by atoms with Crippen molar-refractivity contribution in [3.8, 4) is 0 Å². The van der Waals surface area contributed by atoms with Gasteiger partial charge in [0.15, 0.2) is 0 Å². The van der Waals surface area contributed by atoms with Crippen molar-refractivity contribution < 1.29 is 5.11 Å². The molecule has 1 aromatic heterocycles. The first-order chi connectivity index (χ1) is 8.98. The molecule has 0 radical (unpaired) electrons. The summed E-state index contributed by atoms with van der Waals surface area (Å²) in [5, 5.41) is 14.6. The summed E-state index contributed by atoms with van der Waals surface area (Å²) >= 11 is 0. The van der Waals surface area contributed by atoms with E-state index in [2.05, 4.69) is 10.1 Å². The molecule has 0 saturated heterocycles. The second kappa shape index (κ2) is 5.36. The molecule has 0 aliphatic heterocycles. The van der Waals surface area contributed by atoms with Crippen molar-refractivity contribution in [3.63, 3.8) is 0 Å².